The first-order chi connectivity index (χ1) is 27.8. The molecule has 0 aliphatic heterocycles. The van der Waals surface area contributed by atoms with Crippen molar-refractivity contribution in [1.29, 1.82) is 0 Å². The predicted molar refractivity (Wildman–Crippen MR) is 196 cm³/mol. The van der Waals surface area contributed by atoms with Gasteiger partial charge in [-0.15, -0.1) is 0 Å². The van der Waals surface area contributed by atoms with Crippen molar-refractivity contribution in [3.63, 3.8) is 0 Å². The molecule has 0 bridgehead atoms. The molecule has 1 amide bonds. The van der Waals surface area contributed by atoms with Gasteiger partial charge in [0.1, 0.15) is 34.7 Å². The van der Waals surface area contributed by atoms with Crippen LogP contribution >= 0.6 is 11.6 Å². The third-order valence-electron chi connectivity index (χ3n) is 10.8. The number of benzene rings is 2. The van der Waals surface area contributed by atoms with Gasteiger partial charge in [0, 0.05) is 41.6 Å². The quantitative estimate of drug-likeness (QED) is 0.107. The Bertz CT molecular complexity index is 2810. The van der Waals surface area contributed by atoms with Gasteiger partial charge in [0.15, 0.2) is 11.5 Å². The summed E-state index contributed by atoms with van der Waals surface area (Å²) in [5.74, 6) is -11.0. The molecule has 60 heavy (non-hydrogen) atoms. The summed E-state index contributed by atoms with van der Waals surface area (Å²) in [4.78, 5) is 18.3. The lowest BCUT2D eigenvalue weighted by molar-refractivity contribution is -0.176. The molecule has 22 heteroatoms. The highest BCUT2D eigenvalue weighted by Gasteiger charge is 2.69. The van der Waals surface area contributed by atoms with Gasteiger partial charge >= 0.3 is 6.18 Å². The van der Waals surface area contributed by atoms with Crippen molar-refractivity contribution in [3.8, 4) is 23.0 Å². The maximum atomic E-state index is 16.1. The average molecular weight is 886 g/mol. The minimum absolute atomic E-state index is 0.0232. The van der Waals surface area contributed by atoms with Crippen LogP contribution in [0.3, 0.4) is 0 Å². The van der Waals surface area contributed by atoms with Crippen molar-refractivity contribution < 1.29 is 57.8 Å². The second-order valence-electron chi connectivity index (χ2n) is 15.3. The zero-order valence-electron chi connectivity index (χ0n) is 30.9. The number of rotatable bonds is 9. The number of hydrogen-bond acceptors (Lipinski definition) is 7. The van der Waals surface area contributed by atoms with Crippen molar-refractivity contribution in [3.05, 3.63) is 93.0 Å². The minimum atomic E-state index is -5.28. The number of carbonyl (C=O) groups is 1. The molecule has 2 fully saturated rings. The molecule has 8 rings (SSSR count). The van der Waals surface area contributed by atoms with Crippen LogP contribution in [-0.4, -0.2) is 61.8 Å². The SMILES string of the molecule is Cn1nc(NS(C)(=O)=O)c2c(Cl)ccc(-c3ccc(C#CC4(O)CC(F)(F)C4)nc3[C@@H](Cc3cc(F)cc(F)c3)C(C(N)=O)n3nc(C(F)(F)F)c4c3C(F)(F)[C@@H]3C[C@H]43)c21. The highest BCUT2D eigenvalue weighted by Crippen LogP contribution is 2.69. The summed E-state index contributed by atoms with van der Waals surface area (Å²) in [6.07, 6.45) is -7.50. The fourth-order valence-electron chi connectivity index (χ4n) is 8.43. The summed E-state index contributed by atoms with van der Waals surface area (Å²) in [7, 11) is -2.56. The molecule has 4 atom stereocenters. The molecular formula is C38H29ClF9N7O4S. The van der Waals surface area contributed by atoms with Crippen LogP contribution in [0.5, 0.6) is 0 Å². The number of pyridine rings is 1. The van der Waals surface area contributed by atoms with E-state index in [-0.39, 0.29) is 60.9 Å². The number of aromatic nitrogens is 5. The van der Waals surface area contributed by atoms with Crippen LogP contribution in [-0.2, 0) is 40.4 Å². The summed E-state index contributed by atoms with van der Waals surface area (Å²) in [6.45, 7) is 0. The summed E-state index contributed by atoms with van der Waals surface area (Å²) in [5.41, 5.74) is -0.714. The number of primary amides is 1. The molecule has 11 nitrogen and oxygen atoms in total. The fourth-order valence-corrected chi connectivity index (χ4v) is 9.17. The number of nitrogens with two attached hydrogens (primary N) is 1. The first-order valence-electron chi connectivity index (χ1n) is 17.9. The Labute approximate surface area is 338 Å². The first kappa shape index (κ1) is 41.4. The molecule has 0 radical (unpaired) electrons. The summed E-state index contributed by atoms with van der Waals surface area (Å²) in [5, 5.41) is 18.4. The molecule has 0 saturated heterocycles. The van der Waals surface area contributed by atoms with Crippen LogP contribution < -0.4 is 10.5 Å². The number of anilines is 1. The highest BCUT2D eigenvalue weighted by molar-refractivity contribution is 7.92. The number of carbonyl (C=O) groups excluding carboxylic acids is 1. The van der Waals surface area contributed by atoms with E-state index in [2.05, 4.69) is 31.7 Å². The van der Waals surface area contributed by atoms with Crippen LogP contribution in [0.25, 0.3) is 22.0 Å². The summed E-state index contributed by atoms with van der Waals surface area (Å²) < 4.78 is 161. The van der Waals surface area contributed by atoms with Gasteiger partial charge in [-0.2, -0.15) is 32.1 Å². The van der Waals surface area contributed by atoms with E-state index in [0.717, 1.165) is 18.4 Å². The van der Waals surface area contributed by atoms with E-state index in [4.69, 9.17) is 17.3 Å². The van der Waals surface area contributed by atoms with Crippen molar-refractivity contribution in [2.24, 2.45) is 18.7 Å². The van der Waals surface area contributed by atoms with E-state index < -0.39 is 111 Å². The second kappa shape index (κ2) is 13.6. The van der Waals surface area contributed by atoms with Crippen molar-refractivity contribution in [2.45, 2.75) is 67.2 Å². The van der Waals surface area contributed by atoms with Crippen molar-refractivity contribution >= 4 is 44.3 Å². The predicted octanol–water partition coefficient (Wildman–Crippen LogP) is 6.93. The molecule has 316 valence electrons. The van der Waals surface area contributed by atoms with Gasteiger partial charge < -0.3 is 10.8 Å². The molecule has 3 heterocycles. The number of hydrogen-bond donors (Lipinski definition) is 3. The van der Waals surface area contributed by atoms with Crippen LogP contribution in [0.1, 0.15) is 71.0 Å². The normalized spacial score (nSPS) is 20.7. The van der Waals surface area contributed by atoms with Gasteiger partial charge in [0.25, 0.3) is 11.8 Å². The molecule has 5 aromatic rings. The number of amides is 1. The molecule has 3 aliphatic carbocycles. The third kappa shape index (κ3) is 7.21. The second-order valence-corrected chi connectivity index (χ2v) is 17.5. The Kier molecular flexibility index (Phi) is 9.38. The van der Waals surface area contributed by atoms with E-state index in [0.29, 0.717) is 6.07 Å². The standard InChI is InChI=1S/C38H29ClF9N7O4S/c1-54-29-21(5-6-25(39)27(29)34(52-54)53-60(2,58)59)20-4-3-19(7-8-35(57)14-36(42,43)15-35)50-28(20)23(11-16-9-17(40)12-18(41)10-16)30(33(49)56)55-32-26(31(51-55)38(46,47)48)22-13-24(22)37(32,44)45/h3-6,9-10,12,22-24,30,57H,11,13-15H2,1-2H3,(H2,49,56)(H,52,53)/t22-,23+,24+,30?/m0/s1. The van der Waals surface area contributed by atoms with Crippen LogP contribution in [0.4, 0.5) is 45.3 Å². The third-order valence-corrected chi connectivity index (χ3v) is 11.7. The van der Waals surface area contributed by atoms with Crippen molar-refractivity contribution in [1.82, 2.24) is 24.5 Å². The van der Waals surface area contributed by atoms with Gasteiger partial charge in [-0.1, -0.05) is 23.6 Å². The molecule has 3 aromatic heterocycles. The Hall–Kier alpha value is -5.33. The van der Waals surface area contributed by atoms with Gasteiger partial charge in [-0.3, -0.25) is 14.2 Å². The molecule has 2 aromatic carbocycles. The van der Waals surface area contributed by atoms with E-state index >= 15 is 8.78 Å². The Balaban J connectivity index is 1.43. The zero-order valence-corrected chi connectivity index (χ0v) is 32.4. The average Bonchev–Trinajstić information content (AvgIpc) is 3.62. The Morgan fingerprint density at radius 2 is 1.72 bits per heavy atom. The smallest absolute Gasteiger partial charge is 0.377 e. The number of alkyl halides is 7. The molecular weight excluding hydrogens is 857 g/mol. The van der Waals surface area contributed by atoms with Gasteiger partial charge in [0.05, 0.1) is 40.7 Å². The maximum Gasteiger partial charge on any atom is 0.435 e. The van der Waals surface area contributed by atoms with Crippen LogP contribution in [0.2, 0.25) is 5.02 Å². The summed E-state index contributed by atoms with van der Waals surface area (Å²) >= 11 is 6.55. The molecule has 3 aliphatic rings. The van der Waals surface area contributed by atoms with E-state index in [9.17, 15) is 49.1 Å². The minimum Gasteiger partial charge on any atom is -0.377 e. The number of aliphatic hydroxyl groups is 1. The van der Waals surface area contributed by atoms with Gasteiger partial charge in [0.2, 0.25) is 15.9 Å². The fraction of sp³-hybridized carbons (Fsp3) is 0.368. The van der Waals surface area contributed by atoms with Gasteiger partial charge in [-0.25, -0.2) is 35.6 Å². The largest absolute Gasteiger partial charge is 0.435 e. The van der Waals surface area contributed by atoms with E-state index in [1.807, 2.05) is 0 Å². The lowest BCUT2D eigenvalue weighted by atomic mass is 9.77. The highest BCUT2D eigenvalue weighted by atomic mass is 35.5. The number of fused-ring (bicyclic) bond motifs is 4. The molecule has 4 N–H and O–H groups in total. The Morgan fingerprint density at radius 1 is 1.07 bits per heavy atom. The molecule has 0 spiro atoms. The van der Waals surface area contributed by atoms with Gasteiger partial charge in [-0.05, 0) is 60.6 Å². The number of nitrogens with zero attached hydrogens (tertiary/aromatic N) is 5. The topological polar surface area (TPSA) is 158 Å². The number of nitrogens with one attached hydrogen (secondary N) is 1. The first-order valence-corrected chi connectivity index (χ1v) is 20.1. The summed E-state index contributed by atoms with van der Waals surface area (Å²) in [6, 6.07) is 5.13. The maximum absolute atomic E-state index is 16.1. The lowest BCUT2D eigenvalue weighted by Crippen LogP contribution is -2.50. The number of halogens is 10. The molecule has 2 saturated carbocycles. The number of aryl methyl sites for hydroxylation is 1. The van der Waals surface area contributed by atoms with Crippen LogP contribution in [0, 0.1) is 29.4 Å². The zero-order chi connectivity index (χ0) is 43.6. The van der Waals surface area contributed by atoms with Crippen molar-refractivity contribution in [2.75, 3.05) is 11.0 Å². The molecule has 1 unspecified atom stereocenters. The number of sulfonamides is 1. The lowest BCUT2D eigenvalue weighted by Gasteiger charge is -2.39. The van der Waals surface area contributed by atoms with E-state index in [1.54, 1.807) is 0 Å². The Morgan fingerprint density at radius 3 is 2.32 bits per heavy atom. The van der Waals surface area contributed by atoms with Crippen LogP contribution in [0.15, 0.2) is 42.5 Å². The monoisotopic (exact) mass is 885 g/mol. The van der Waals surface area contributed by atoms with E-state index in [1.165, 1.54) is 36.0 Å².